The summed E-state index contributed by atoms with van der Waals surface area (Å²) in [6.45, 7) is 4.47. The number of nitrogens with zero attached hydrogens (tertiary/aromatic N) is 1. The molecule has 0 radical (unpaired) electrons. The second-order valence-electron chi connectivity index (χ2n) is 12.0. The molecule has 0 bridgehead atoms. The molecule has 2 aliphatic rings. The number of β-amino-alcohol motifs (C(OH)–C–C–N with tert-alkyl or cyclic N) is 1. The molecule has 236 valence electrons. The van der Waals surface area contributed by atoms with Gasteiger partial charge in [0, 0.05) is 37.7 Å². The van der Waals surface area contributed by atoms with Gasteiger partial charge in [0.15, 0.2) is 6.29 Å². The Morgan fingerprint density at radius 1 is 0.844 bits per heavy atom. The predicted octanol–water partition coefficient (Wildman–Crippen LogP) is 5.18. The summed E-state index contributed by atoms with van der Waals surface area (Å²) < 4.78 is 41.5. The zero-order chi connectivity index (χ0) is 31.4. The molecule has 2 aliphatic heterocycles. The lowest BCUT2D eigenvalue weighted by Gasteiger charge is -2.42. The van der Waals surface area contributed by atoms with Gasteiger partial charge in [0.2, 0.25) is 10.0 Å². The van der Waals surface area contributed by atoms with E-state index in [1.807, 2.05) is 66.7 Å². The minimum Gasteiger partial charge on any atom is -0.392 e. The molecule has 0 aromatic heterocycles. The van der Waals surface area contributed by atoms with Gasteiger partial charge in [-0.25, -0.2) is 13.1 Å². The normalized spacial score (nSPS) is 24.1. The molecular formula is C36H40N2O6S. The molecule has 45 heavy (non-hydrogen) atoms. The lowest BCUT2D eigenvalue weighted by Crippen LogP contribution is -2.44. The van der Waals surface area contributed by atoms with Crippen LogP contribution in [0.4, 0.5) is 0 Å². The minimum atomic E-state index is -3.62. The molecule has 2 heterocycles. The first kappa shape index (κ1) is 31.6. The topological polar surface area (TPSA) is 108 Å². The second-order valence-corrected chi connectivity index (χ2v) is 13.8. The molecule has 9 heteroatoms. The number of hydrogen-bond acceptors (Lipinski definition) is 7. The van der Waals surface area contributed by atoms with Gasteiger partial charge in [0.05, 0.1) is 29.8 Å². The van der Waals surface area contributed by atoms with E-state index in [1.54, 1.807) is 30.3 Å². The van der Waals surface area contributed by atoms with Crippen LogP contribution >= 0.6 is 0 Å². The number of aliphatic hydroxyl groups is 2. The Hall–Kier alpha value is -3.41. The third-order valence-electron chi connectivity index (χ3n) is 8.75. The fourth-order valence-electron chi connectivity index (χ4n) is 6.15. The van der Waals surface area contributed by atoms with Gasteiger partial charge in [0.25, 0.3) is 0 Å². The average molecular weight is 629 g/mol. The molecule has 2 saturated heterocycles. The second kappa shape index (κ2) is 13.9. The Morgan fingerprint density at radius 2 is 1.58 bits per heavy atom. The van der Waals surface area contributed by atoms with Crippen LogP contribution < -0.4 is 4.72 Å². The van der Waals surface area contributed by atoms with Crippen LogP contribution in [0.25, 0.3) is 11.1 Å². The van der Waals surface area contributed by atoms with Crippen molar-refractivity contribution in [1.29, 1.82) is 0 Å². The first-order valence-electron chi connectivity index (χ1n) is 15.4. The van der Waals surface area contributed by atoms with Gasteiger partial charge < -0.3 is 19.7 Å². The molecular weight excluding hydrogens is 588 g/mol. The fraction of sp³-hybridized carbons (Fsp3) is 0.333. The van der Waals surface area contributed by atoms with E-state index in [4.69, 9.17) is 9.47 Å². The van der Waals surface area contributed by atoms with Gasteiger partial charge in [-0.2, -0.15) is 0 Å². The summed E-state index contributed by atoms with van der Waals surface area (Å²) in [5.41, 5.74) is 5.53. The van der Waals surface area contributed by atoms with Crippen molar-refractivity contribution >= 4 is 10.0 Å². The molecule has 0 saturated carbocycles. The zero-order valence-electron chi connectivity index (χ0n) is 25.3. The average Bonchev–Trinajstić information content (AvgIpc) is 3.49. The molecule has 5 atom stereocenters. The first-order chi connectivity index (χ1) is 21.8. The molecule has 4 aromatic rings. The summed E-state index contributed by atoms with van der Waals surface area (Å²) in [6.07, 6.45) is -0.497. The monoisotopic (exact) mass is 628 g/mol. The summed E-state index contributed by atoms with van der Waals surface area (Å²) in [5, 5.41) is 19.7. The highest BCUT2D eigenvalue weighted by atomic mass is 32.2. The number of benzene rings is 4. The molecule has 2 fully saturated rings. The summed E-state index contributed by atoms with van der Waals surface area (Å²) in [6, 6.07) is 32.1. The number of ether oxygens (including phenoxy) is 2. The summed E-state index contributed by atoms with van der Waals surface area (Å²) in [4.78, 5) is 2.49. The number of hydrogen-bond donors (Lipinski definition) is 3. The van der Waals surface area contributed by atoms with Gasteiger partial charge in [-0.3, -0.25) is 4.90 Å². The highest BCUT2D eigenvalue weighted by Gasteiger charge is 2.40. The summed E-state index contributed by atoms with van der Waals surface area (Å²) in [5.74, 6) is 0.0542. The predicted molar refractivity (Wildman–Crippen MR) is 172 cm³/mol. The van der Waals surface area contributed by atoms with Crippen LogP contribution in [0.3, 0.4) is 0 Å². The fourth-order valence-corrected chi connectivity index (χ4v) is 7.19. The molecule has 0 unspecified atom stereocenters. The van der Waals surface area contributed by atoms with Crippen molar-refractivity contribution in [3.8, 4) is 11.1 Å². The summed E-state index contributed by atoms with van der Waals surface area (Å²) >= 11 is 0. The smallest absolute Gasteiger partial charge is 0.240 e. The zero-order valence-corrected chi connectivity index (χ0v) is 26.1. The van der Waals surface area contributed by atoms with E-state index >= 15 is 0 Å². The van der Waals surface area contributed by atoms with Gasteiger partial charge in [-0.15, -0.1) is 0 Å². The maximum absolute atomic E-state index is 12.8. The summed E-state index contributed by atoms with van der Waals surface area (Å²) in [7, 11) is -3.62. The third-order valence-corrected chi connectivity index (χ3v) is 10.2. The van der Waals surface area contributed by atoms with Crippen molar-refractivity contribution in [3.63, 3.8) is 0 Å². The Balaban J connectivity index is 1.23. The maximum Gasteiger partial charge on any atom is 0.240 e. The molecule has 4 aromatic carbocycles. The van der Waals surface area contributed by atoms with E-state index in [-0.39, 0.29) is 42.3 Å². The molecule has 0 amide bonds. The van der Waals surface area contributed by atoms with Crippen molar-refractivity contribution in [3.05, 3.63) is 125 Å². The van der Waals surface area contributed by atoms with Crippen LogP contribution in [0.5, 0.6) is 0 Å². The van der Waals surface area contributed by atoms with Crippen molar-refractivity contribution < 1.29 is 28.1 Å². The number of aliphatic hydroxyl groups excluding tert-OH is 2. The van der Waals surface area contributed by atoms with Crippen molar-refractivity contribution in [2.75, 3.05) is 19.6 Å². The van der Waals surface area contributed by atoms with Crippen molar-refractivity contribution in [2.24, 2.45) is 5.92 Å². The van der Waals surface area contributed by atoms with Crippen LogP contribution in [0, 0.1) is 5.92 Å². The Labute approximate surface area is 265 Å². The molecule has 6 rings (SSSR count). The van der Waals surface area contributed by atoms with Crippen molar-refractivity contribution in [2.45, 2.75) is 56.0 Å². The van der Waals surface area contributed by atoms with Gasteiger partial charge in [-0.05, 0) is 58.5 Å². The lowest BCUT2D eigenvalue weighted by atomic mass is 9.90. The van der Waals surface area contributed by atoms with E-state index in [0.717, 1.165) is 46.3 Å². The van der Waals surface area contributed by atoms with Crippen LogP contribution in [-0.4, -0.2) is 55.4 Å². The van der Waals surface area contributed by atoms with Gasteiger partial charge in [-0.1, -0.05) is 85.8 Å². The third kappa shape index (κ3) is 7.53. The van der Waals surface area contributed by atoms with Gasteiger partial charge >= 0.3 is 0 Å². The Bertz CT molecular complexity index is 1680. The number of nitrogens with one attached hydrogen (secondary N) is 1. The molecule has 0 spiro atoms. The Morgan fingerprint density at radius 3 is 2.29 bits per heavy atom. The van der Waals surface area contributed by atoms with Crippen LogP contribution in [0.15, 0.2) is 108 Å². The first-order valence-corrected chi connectivity index (χ1v) is 16.9. The molecule has 3 N–H and O–H groups in total. The SMILES string of the molecule is C[C@@H]1[C@H](CN2CC[C@H](O)C2)O[C@H](c2cccc(-c3cccc(CNS(=O)(=O)c4ccccc4)c3)c2)O[C@@H]1c1ccc(CO)cc1. The van der Waals surface area contributed by atoms with E-state index in [2.05, 4.69) is 22.6 Å². The largest absolute Gasteiger partial charge is 0.392 e. The Kier molecular flexibility index (Phi) is 9.77. The molecule has 0 aliphatic carbocycles. The molecule has 8 nitrogen and oxygen atoms in total. The number of rotatable bonds is 10. The maximum atomic E-state index is 12.8. The number of likely N-dealkylation sites (tertiary alicyclic amines) is 1. The highest BCUT2D eigenvalue weighted by molar-refractivity contribution is 7.89. The van der Waals surface area contributed by atoms with E-state index in [9.17, 15) is 18.6 Å². The van der Waals surface area contributed by atoms with E-state index < -0.39 is 16.3 Å². The highest BCUT2D eigenvalue weighted by Crippen LogP contribution is 2.42. The number of sulfonamides is 1. The quantitative estimate of drug-likeness (QED) is 0.222. The minimum absolute atomic E-state index is 0.0140. The van der Waals surface area contributed by atoms with Gasteiger partial charge in [0.1, 0.15) is 0 Å². The van der Waals surface area contributed by atoms with E-state index in [0.29, 0.717) is 13.1 Å². The van der Waals surface area contributed by atoms with Crippen LogP contribution in [-0.2, 0) is 32.6 Å². The van der Waals surface area contributed by atoms with Crippen molar-refractivity contribution in [1.82, 2.24) is 9.62 Å². The lowest BCUT2D eigenvalue weighted by molar-refractivity contribution is -0.276. The van der Waals surface area contributed by atoms with Crippen LogP contribution in [0.2, 0.25) is 0 Å². The standard InChI is InChI=1S/C36H40N2O6S/c1-25-34(23-38-18-17-32(40)22-38)43-36(44-35(25)28-15-13-26(24-39)14-16-28)31-10-6-9-30(20-31)29-8-5-7-27(19-29)21-37-45(41,42)33-11-3-2-4-12-33/h2-16,19-20,25,32,34-37,39-40H,17-18,21-24H2,1H3/t25-,32+,34+,35+,36+/m1/s1. The van der Waals surface area contributed by atoms with E-state index in [1.165, 1.54) is 0 Å². The van der Waals surface area contributed by atoms with Crippen LogP contribution in [0.1, 0.15) is 48.0 Å².